The molecule has 1 aliphatic carbocycles. The van der Waals surface area contributed by atoms with E-state index in [4.69, 9.17) is 14.9 Å². The number of aromatic amines is 1. The first-order chi connectivity index (χ1) is 27.6. The highest BCUT2D eigenvalue weighted by atomic mass is 16.5. The van der Waals surface area contributed by atoms with Gasteiger partial charge in [0.15, 0.2) is 11.1 Å². The molecule has 1 aliphatic heterocycles. The lowest BCUT2D eigenvalue weighted by Gasteiger charge is -2.17. The molecule has 0 bridgehead atoms. The van der Waals surface area contributed by atoms with E-state index in [1.807, 2.05) is 24.3 Å². The third-order valence-electron chi connectivity index (χ3n) is 9.25. The SMILES string of the molecule is Nc1nc(OCc2ccc(CNC(=O)c3ccc(CNC(=O)c4ccc(-c5c6ccc(=O)cc-6oc6cc(O)ccc56)c(C(=O)O)c4)cc3)cc2)c2[nH]cnc2n1. The number of fused-ring (bicyclic) bond motifs is 3. The number of aromatic hydroxyl groups is 1. The molecule has 0 unspecified atom stereocenters. The number of benzene rings is 5. The van der Waals surface area contributed by atoms with Crippen molar-refractivity contribution in [3.8, 4) is 34.1 Å². The number of phenols is 1. The Morgan fingerprint density at radius 3 is 2.18 bits per heavy atom. The number of nitrogen functional groups attached to an aromatic ring is 1. The van der Waals surface area contributed by atoms with Crippen LogP contribution < -0.4 is 26.5 Å². The lowest BCUT2D eigenvalue weighted by molar-refractivity contribution is 0.0697. The first-order valence-corrected chi connectivity index (χ1v) is 17.5. The summed E-state index contributed by atoms with van der Waals surface area (Å²) in [6, 6.07) is 27.3. The monoisotopic (exact) mass is 761 g/mol. The molecule has 15 heteroatoms. The van der Waals surface area contributed by atoms with Gasteiger partial charge in [-0.25, -0.2) is 9.78 Å². The summed E-state index contributed by atoms with van der Waals surface area (Å²) in [4.78, 5) is 66.0. The second-order valence-corrected chi connectivity index (χ2v) is 13.0. The number of rotatable bonds is 11. The Morgan fingerprint density at radius 1 is 0.772 bits per heavy atom. The number of hydrogen-bond donors (Lipinski definition) is 6. The molecule has 57 heavy (non-hydrogen) atoms. The first-order valence-electron chi connectivity index (χ1n) is 17.5. The Bertz CT molecular complexity index is 2870. The van der Waals surface area contributed by atoms with Crippen LogP contribution in [0.2, 0.25) is 0 Å². The van der Waals surface area contributed by atoms with E-state index in [9.17, 15) is 29.4 Å². The van der Waals surface area contributed by atoms with Crippen molar-refractivity contribution in [3.05, 3.63) is 153 Å². The summed E-state index contributed by atoms with van der Waals surface area (Å²) in [7, 11) is 0. The number of aromatic nitrogens is 4. The van der Waals surface area contributed by atoms with Gasteiger partial charge in [0.1, 0.15) is 29.2 Å². The highest BCUT2D eigenvalue weighted by Crippen LogP contribution is 2.42. The van der Waals surface area contributed by atoms with Crippen LogP contribution in [-0.4, -0.2) is 47.9 Å². The Labute approximate surface area is 322 Å². The second-order valence-electron chi connectivity index (χ2n) is 13.0. The number of carboxylic acid groups (broad SMARTS) is 1. The molecule has 3 heterocycles. The average Bonchev–Trinajstić information content (AvgIpc) is 3.69. The summed E-state index contributed by atoms with van der Waals surface area (Å²) in [5, 5.41) is 26.5. The molecule has 7 N–H and O–H groups in total. The molecule has 6 aromatic rings. The Balaban J connectivity index is 0.889. The van der Waals surface area contributed by atoms with Crippen LogP contribution in [0, 0.1) is 0 Å². The summed E-state index contributed by atoms with van der Waals surface area (Å²) >= 11 is 0. The van der Waals surface area contributed by atoms with E-state index in [1.54, 1.807) is 36.4 Å². The van der Waals surface area contributed by atoms with Crippen molar-refractivity contribution in [3.63, 3.8) is 0 Å². The van der Waals surface area contributed by atoms with E-state index >= 15 is 0 Å². The minimum atomic E-state index is -1.26. The van der Waals surface area contributed by atoms with Crippen molar-refractivity contribution >= 4 is 45.9 Å². The zero-order chi connectivity index (χ0) is 39.6. The van der Waals surface area contributed by atoms with Crippen LogP contribution in [0.25, 0.3) is 44.6 Å². The van der Waals surface area contributed by atoms with E-state index < -0.39 is 11.9 Å². The zero-order valence-electron chi connectivity index (χ0n) is 29.8. The molecule has 8 rings (SSSR count). The fraction of sp³-hybridized carbons (Fsp3) is 0.0714. The molecular formula is C42H31N7O8. The van der Waals surface area contributed by atoms with Gasteiger partial charge in [-0.05, 0) is 70.8 Å². The van der Waals surface area contributed by atoms with Gasteiger partial charge in [0, 0.05) is 52.9 Å². The highest BCUT2D eigenvalue weighted by molar-refractivity contribution is 6.09. The van der Waals surface area contributed by atoms with Crippen molar-refractivity contribution in [2.75, 3.05) is 5.73 Å². The summed E-state index contributed by atoms with van der Waals surface area (Å²) in [5.41, 5.74) is 10.8. The second kappa shape index (κ2) is 15.0. The maximum Gasteiger partial charge on any atom is 0.336 e. The topological polar surface area (TPSA) is 236 Å². The molecule has 2 amide bonds. The maximum atomic E-state index is 13.2. The number of phenolic OH excluding ortho intramolecular Hbond substituents is 1. The Hall–Kier alpha value is -8.07. The number of carbonyl (C=O) groups is 3. The highest BCUT2D eigenvalue weighted by Gasteiger charge is 2.23. The van der Waals surface area contributed by atoms with Crippen molar-refractivity contribution in [2.24, 2.45) is 0 Å². The lowest BCUT2D eigenvalue weighted by atomic mass is 9.90. The van der Waals surface area contributed by atoms with Crippen LogP contribution in [0.3, 0.4) is 0 Å². The van der Waals surface area contributed by atoms with Gasteiger partial charge in [-0.3, -0.25) is 14.4 Å². The van der Waals surface area contributed by atoms with Gasteiger partial charge in [-0.2, -0.15) is 9.97 Å². The predicted molar refractivity (Wildman–Crippen MR) is 209 cm³/mol. The van der Waals surface area contributed by atoms with Crippen LogP contribution in [0.1, 0.15) is 47.8 Å². The molecular weight excluding hydrogens is 731 g/mol. The molecule has 0 saturated carbocycles. The standard InChI is InChI=1S/C42H31N7O8/c43-42-48-37-36(46-21-47-37)40(49-42)56-20-24-3-1-22(2-4-24)18-44-38(52)25-7-5-23(6-8-25)19-45-39(53)26-9-12-29(32(15-26)41(54)55)35-30-13-10-27(50)16-33(30)57-34-17-28(51)11-14-31(34)35/h1-17,21,50H,18-20H2,(H,44,52)(H,45,53)(H,54,55)(H3,43,46,47,48,49). The normalized spacial score (nSPS) is 11.2. The number of imidazole rings is 1. The molecule has 0 atom stereocenters. The number of ether oxygens (including phenoxy) is 1. The third kappa shape index (κ3) is 7.52. The molecule has 4 aromatic carbocycles. The Morgan fingerprint density at radius 2 is 1.44 bits per heavy atom. The summed E-state index contributed by atoms with van der Waals surface area (Å²) in [5.74, 6) is -1.53. The Kier molecular flexibility index (Phi) is 9.45. The molecule has 0 fully saturated rings. The van der Waals surface area contributed by atoms with Crippen LogP contribution in [0.4, 0.5) is 5.95 Å². The van der Waals surface area contributed by atoms with E-state index in [0.717, 1.165) is 16.7 Å². The number of carboxylic acids is 1. The molecule has 282 valence electrons. The van der Waals surface area contributed by atoms with Crippen molar-refractivity contribution in [1.82, 2.24) is 30.6 Å². The summed E-state index contributed by atoms with van der Waals surface area (Å²) in [6.45, 7) is 0.650. The van der Waals surface area contributed by atoms with Crippen molar-refractivity contribution < 1.29 is 33.8 Å². The van der Waals surface area contributed by atoms with Crippen molar-refractivity contribution in [1.29, 1.82) is 0 Å². The molecule has 0 saturated heterocycles. The molecule has 15 nitrogen and oxygen atoms in total. The molecule has 0 spiro atoms. The van der Waals surface area contributed by atoms with Gasteiger partial charge in [-0.1, -0.05) is 42.5 Å². The molecule has 2 aliphatic rings. The minimum Gasteiger partial charge on any atom is -0.508 e. The van der Waals surface area contributed by atoms with Crippen molar-refractivity contribution in [2.45, 2.75) is 19.7 Å². The first kappa shape index (κ1) is 35.9. The largest absolute Gasteiger partial charge is 0.508 e. The number of H-pyrrole nitrogens is 1. The predicted octanol–water partition coefficient (Wildman–Crippen LogP) is 5.66. The smallest absolute Gasteiger partial charge is 0.336 e. The number of nitrogens with two attached hydrogens (primary N) is 1. The van der Waals surface area contributed by atoms with E-state index in [-0.39, 0.29) is 58.7 Å². The van der Waals surface area contributed by atoms with Gasteiger partial charge in [0.05, 0.1) is 11.9 Å². The third-order valence-corrected chi connectivity index (χ3v) is 9.25. The van der Waals surface area contributed by atoms with E-state index in [0.29, 0.717) is 51.2 Å². The zero-order valence-corrected chi connectivity index (χ0v) is 29.8. The fourth-order valence-corrected chi connectivity index (χ4v) is 6.40. The van der Waals surface area contributed by atoms with E-state index in [2.05, 4.69) is 30.6 Å². The van der Waals surface area contributed by atoms with Crippen LogP contribution >= 0.6 is 0 Å². The number of nitrogens with one attached hydrogen (secondary N) is 3. The van der Waals surface area contributed by atoms with Crippen LogP contribution in [-0.2, 0) is 19.7 Å². The quantitative estimate of drug-likeness (QED) is 0.0877. The number of anilines is 1. The number of carbonyl (C=O) groups excluding carboxylic acids is 2. The number of amides is 2. The number of nitrogens with zero attached hydrogens (tertiary/aromatic N) is 3. The van der Waals surface area contributed by atoms with Gasteiger partial charge >= 0.3 is 5.97 Å². The summed E-state index contributed by atoms with van der Waals surface area (Å²) in [6.07, 6.45) is 1.49. The maximum absolute atomic E-state index is 13.2. The number of hydrogen-bond acceptors (Lipinski definition) is 11. The van der Waals surface area contributed by atoms with Crippen LogP contribution in [0.15, 0.2) is 119 Å². The van der Waals surface area contributed by atoms with Crippen LogP contribution in [0.5, 0.6) is 11.6 Å². The van der Waals surface area contributed by atoms with E-state index in [1.165, 1.54) is 48.8 Å². The van der Waals surface area contributed by atoms with Gasteiger partial charge in [-0.15, -0.1) is 0 Å². The summed E-state index contributed by atoms with van der Waals surface area (Å²) < 4.78 is 11.7. The average molecular weight is 762 g/mol. The fourth-order valence-electron chi connectivity index (χ4n) is 6.40. The minimum absolute atomic E-state index is 0.0604. The molecule has 2 aromatic heterocycles. The lowest BCUT2D eigenvalue weighted by Crippen LogP contribution is -2.24. The van der Waals surface area contributed by atoms with Gasteiger partial charge < -0.3 is 40.7 Å². The van der Waals surface area contributed by atoms with Gasteiger partial charge in [0.2, 0.25) is 11.8 Å². The molecule has 0 radical (unpaired) electrons. The number of aromatic carboxylic acids is 1. The van der Waals surface area contributed by atoms with Gasteiger partial charge in [0.25, 0.3) is 11.8 Å².